The molecule has 2 aromatic rings. The first-order valence-corrected chi connectivity index (χ1v) is 8.56. The second-order valence-electron chi connectivity index (χ2n) is 6.10. The molecule has 1 aliphatic heterocycles. The molecule has 6 heteroatoms. The highest BCUT2D eigenvalue weighted by Crippen LogP contribution is 2.13. The second kappa shape index (κ2) is 8.45. The van der Waals surface area contributed by atoms with Gasteiger partial charge in [0.25, 0.3) is 5.91 Å². The highest BCUT2D eigenvalue weighted by atomic mass is 19.1. The maximum absolute atomic E-state index is 13.8. The molecule has 0 N–H and O–H groups in total. The third kappa shape index (κ3) is 4.38. The van der Waals surface area contributed by atoms with Crippen LogP contribution in [0.3, 0.4) is 0 Å². The zero-order valence-electron chi connectivity index (χ0n) is 14.4. The van der Waals surface area contributed by atoms with Crippen molar-refractivity contribution >= 4 is 5.91 Å². The Bertz CT molecular complexity index is 793. The largest absolute Gasteiger partial charge is 0.492 e. The summed E-state index contributed by atoms with van der Waals surface area (Å²) in [4.78, 5) is 16.3. The van der Waals surface area contributed by atoms with Gasteiger partial charge in [-0.15, -0.1) is 0 Å². The van der Waals surface area contributed by atoms with E-state index in [0.29, 0.717) is 25.3 Å². The number of carbonyl (C=O) groups excluding carboxylic acids is 1. The third-order valence-electron chi connectivity index (χ3n) is 4.42. The predicted octanol–water partition coefficient (Wildman–Crippen LogP) is 2.53. The zero-order valence-corrected chi connectivity index (χ0v) is 14.4. The van der Waals surface area contributed by atoms with Crippen LogP contribution in [0.25, 0.3) is 0 Å². The van der Waals surface area contributed by atoms with E-state index < -0.39 is 5.82 Å². The Balaban J connectivity index is 1.43. The number of hydrogen-bond acceptors (Lipinski definition) is 4. The number of carbonyl (C=O) groups is 1. The van der Waals surface area contributed by atoms with Crippen LogP contribution < -0.4 is 4.74 Å². The Morgan fingerprint density at radius 3 is 2.42 bits per heavy atom. The lowest BCUT2D eigenvalue weighted by molar-refractivity contribution is 0.0616. The summed E-state index contributed by atoms with van der Waals surface area (Å²) in [5, 5.41) is 8.78. The van der Waals surface area contributed by atoms with Crippen molar-refractivity contribution in [1.82, 2.24) is 9.80 Å². The number of rotatable bonds is 5. The van der Waals surface area contributed by atoms with E-state index in [2.05, 4.69) is 11.0 Å². The summed E-state index contributed by atoms with van der Waals surface area (Å²) in [5.74, 6) is 0.00435. The molecule has 1 aliphatic rings. The number of ether oxygens (including phenoxy) is 1. The quantitative estimate of drug-likeness (QED) is 0.829. The van der Waals surface area contributed by atoms with Gasteiger partial charge in [0, 0.05) is 32.7 Å². The van der Waals surface area contributed by atoms with Crippen molar-refractivity contribution < 1.29 is 13.9 Å². The Morgan fingerprint density at radius 2 is 1.77 bits per heavy atom. The number of nitrogens with zero attached hydrogens (tertiary/aromatic N) is 3. The van der Waals surface area contributed by atoms with Crippen molar-refractivity contribution in [3.05, 3.63) is 65.5 Å². The summed E-state index contributed by atoms with van der Waals surface area (Å²) in [7, 11) is 0. The Labute approximate surface area is 152 Å². The summed E-state index contributed by atoms with van der Waals surface area (Å²) in [6, 6.07) is 15.2. The fourth-order valence-electron chi connectivity index (χ4n) is 2.90. The van der Waals surface area contributed by atoms with Gasteiger partial charge < -0.3 is 9.64 Å². The average molecular weight is 353 g/mol. The average Bonchev–Trinajstić information content (AvgIpc) is 2.69. The normalized spacial score (nSPS) is 14.7. The maximum atomic E-state index is 13.8. The van der Waals surface area contributed by atoms with Gasteiger partial charge >= 0.3 is 0 Å². The highest BCUT2D eigenvalue weighted by Gasteiger charge is 2.23. The molecule has 134 valence electrons. The lowest BCUT2D eigenvalue weighted by Gasteiger charge is -2.34. The summed E-state index contributed by atoms with van der Waals surface area (Å²) in [6.45, 7) is 3.90. The standard InChI is InChI=1S/C20H20FN3O2/c21-19-4-2-1-3-18(19)20(25)24-11-9-23(10-12-24)13-14-26-17-7-5-16(15-22)6-8-17/h1-8H,9-14H2. The van der Waals surface area contributed by atoms with Gasteiger partial charge in [0.05, 0.1) is 17.2 Å². The van der Waals surface area contributed by atoms with E-state index >= 15 is 0 Å². The van der Waals surface area contributed by atoms with E-state index in [4.69, 9.17) is 10.00 Å². The van der Waals surface area contributed by atoms with Gasteiger partial charge in [0.2, 0.25) is 0 Å². The van der Waals surface area contributed by atoms with Gasteiger partial charge in [-0.2, -0.15) is 5.26 Å². The minimum atomic E-state index is -0.476. The summed E-state index contributed by atoms with van der Waals surface area (Å²) in [5.41, 5.74) is 0.734. The number of nitriles is 1. The van der Waals surface area contributed by atoms with Crippen molar-refractivity contribution in [2.75, 3.05) is 39.3 Å². The van der Waals surface area contributed by atoms with E-state index in [9.17, 15) is 9.18 Å². The fraction of sp³-hybridized carbons (Fsp3) is 0.300. The third-order valence-corrected chi connectivity index (χ3v) is 4.42. The Morgan fingerprint density at radius 1 is 1.08 bits per heavy atom. The van der Waals surface area contributed by atoms with E-state index in [1.165, 1.54) is 12.1 Å². The van der Waals surface area contributed by atoms with E-state index in [0.717, 1.165) is 25.4 Å². The molecule has 0 atom stereocenters. The first-order chi connectivity index (χ1) is 12.7. The zero-order chi connectivity index (χ0) is 18.4. The summed E-state index contributed by atoms with van der Waals surface area (Å²) < 4.78 is 19.4. The molecule has 26 heavy (non-hydrogen) atoms. The van der Waals surface area contributed by atoms with Gasteiger partial charge in [0.15, 0.2) is 0 Å². The number of hydrogen-bond donors (Lipinski definition) is 0. The molecule has 5 nitrogen and oxygen atoms in total. The molecule has 1 saturated heterocycles. The van der Waals surface area contributed by atoms with Crippen LogP contribution in [-0.4, -0.2) is 55.0 Å². The van der Waals surface area contributed by atoms with Crippen LogP contribution >= 0.6 is 0 Å². The summed E-state index contributed by atoms with van der Waals surface area (Å²) >= 11 is 0. The van der Waals surface area contributed by atoms with E-state index in [1.54, 1.807) is 41.3 Å². The lowest BCUT2D eigenvalue weighted by Crippen LogP contribution is -2.49. The van der Waals surface area contributed by atoms with Crippen molar-refractivity contribution in [3.8, 4) is 11.8 Å². The molecular formula is C20H20FN3O2. The van der Waals surface area contributed by atoms with Crippen LogP contribution in [0, 0.1) is 17.1 Å². The molecule has 1 heterocycles. The van der Waals surface area contributed by atoms with Crippen LogP contribution in [0.5, 0.6) is 5.75 Å². The van der Waals surface area contributed by atoms with Crippen LogP contribution in [0.1, 0.15) is 15.9 Å². The molecule has 0 aliphatic carbocycles. The van der Waals surface area contributed by atoms with Crippen molar-refractivity contribution in [3.63, 3.8) is 0 Å². The number of amides is 1. The fourth-order valence-corrected chi connectivity index (χ4v) is 2.90. The lowest BCUT2D eigenvalue weighted by atomic mass is 10.1. The van der Waals surface area contributed by atoms with Crippen LogP contribution in [0.2, 0.25) is 0 Å². The number of benzene rings is 2. The van der Waals surface area contributed by atoms with E-state index in [1.807, 2.05) is 0 Å². The molecule has 0 bridgehead atoms. The molecule has 0 spiro atoms. The highest BCUT2D eigenvalue weighted by molar-refractivity contribution is 5.94. The number of piperazine rings is 1. The molecule has 2 aromatic carbocycles. The molecule has 3 rings (SSSR count). The topological polar surface area (TPSA) is 56.6 Å². The SMILES string of the molecule is N#Cc1ccc(OCCN2CCN(C(=O)c3ccccc3F)CC2)cc1. The molecular weight excluding hydrogens is 333 g/mol. The predicted molar refractivity (Wildman–Crippen MR) is 95.4 cm³/mol. The van der Waals surface area contributed by atoms with Crippen LogP contribution in [-0.2, 0) is 0 Å². The van der Waals surface area contributed by atoms with Crippen molar-refractivity contribution in [1.29, 1.82) is 5.26 Å². The monoisotopic (exact) mass is 353 g/mol. The van der Waals surface area contributed by atoms with Gasteiger partial charge in [-0.25, -0.2) is 4.39 Å². The van der Waals surface area contributed by atoms with Gasteiger partial charge in [0.1, 0.15) is 18.2 Å². The van der Waals surface area contributed by atoms with Crippen molar-refractivity contribution in [2.45, 2.75) is 0 Å². The smallest absolute Gasteiger partial charge is 0.256 e. The molecule has 1 fully saturated rings. The maximum Gasteiger partial charge on any atom is 0.256 e. The first kappa shape index (κ1) is 17.9. The Kier molecular flexibility index (Phi) is 5.82. The molecule has 0 aromatic heterocycles. The van der Waals surface area contributed by atoms with Crippen LogP contribution in [0.4, 0.5) is 4.39 Å². The molecule has 1 amide bonds. The van der Waals surface area contributed by atoms with E-state index in [-0.39, 0.29) is 11.5 Å². The molecule has 0 saturated carbocycles. The number of halogens is 1. The summed E-state index contributed by atoms with van der Waals surface area (Å²) in [6.07, 6.45) is 0. The van der Waals surface area contributed by atoms with Gasteiger partial charge in [-0.1, -0.05) is 12.1 Å². The van der Waals surface area contributed by atoms with Gasteiger partial charge in [-0.05, 0) is 36.4 Å². The second-order valence-corrected chi connectivity index (χ2v) is 6.10. The van der Waals surface area contributed by atoms with Gasteiger partial charge in [-0.3, -0.25) is 9.69 Å². The Hall–Kier alpha value is -2.91. The van der Waals surface area contributed by atoms with Crippen LogP contribution in [0.15, 0.2) is 48.5 Å². The molecule has 0 radical (unpaired) electrons. The molecule has 0 unspecified atom stereocenters. The minimum absolute atomic E-state index is 0.130. The van der Waals surface area contributed by atoms with Crippen molar-refractivity contribution in [2.24, 2.45) is 0 Å². The first-order valence-electron chi connectivity index (χ1n) is 8.56. The minimum Gasteiger partial charge on any atom is -0.492 e.